The minimum Gasteiger partial charge on any atom is -0.347 e. The number of carbonyl (C=O) groups excluding carboxylic acids is 1. The van der Waals surface area contributed by atoms with Crippen LogP contribution in [0.15, 0.2) is 48.5 Å². The zero-order valence-electron chi connectivity index (χ0n) is 12.8. The Balaban J connectivity index is 1.73. The smallest absolute Gasteiger partial charge is 0.251 e. The number of rotatable bonds is 4. The number of thiazole rings is 1. The van der Waals surface area contributed by atoms with Gasteiger partial charge in [-0.2, -0.15) is 0 Å². The fourth-order valence-corrected chi connectivity index (χ4v) is 3.65. The summed E-state index contributed by atoms with van der Waals surface area (Å²) in [7, 11) is 0. The van der Waals surface area contributed by atoms with Crippen molar-refractivity contribution in [2.75, 3.05) is 0 Å². The summed E-state index contributed by atoms with van der Waals surface area (Å²) in [5.74, 6) is -0.140. The molecule has 0 saturated heterocycles. The maximum absolute atomic E-state index is 12.2. The molecule has 0 fully saturated rings. The number of aryl methyl sites for hydroxylation is 1. The van der Waals surface area contributed by atoms with E-state index in [9.17, 15) is 4.79 Å². The van der Waals surface area contributed by atoms with Crippen LogP contribution in [0.4, 0.5) is 0 Å². The van der Waals surface area contributed by atoms with Gasteiger partial charge in [-0.3, -0.25) is 4.79 Å². The van der Waals surface area contributed by atoms with Crippen LogP contribution < -0.4 is 5.32 Å². The van der Waals surface area contributed by atoms with Crippen molar-refractivity contribution < 1.29 is 4.79 Å². The Hall–Kier alpha value is -1.88. The summed E-state index contributed by atoms with van der Waals surface area (Å²) in [6.45, 7) is 2.36. The molecule has 0 aliphatic heterocycles. The van der Waals surface area contributed by atoms with Crippen LogP contribution in [0.2, 0.25) is 10.0 Å². The van der Waals surface area contributed by atoms with Crippen LogP contribution in [0.1, 0.15) is 20.9 Å². The van der Waals surface area contributed by atoms with E-state index < -0.39 is 0 Å². The van der Waals surface area contributed by atoms with E-state index in [-0.39, 0.29) is 5.91 Å². The number of carbonyl (C=O) groups is 1. The molecule has 1 heterocycles. The van der Waals surface area contributed by atoms with Gasteiger partial charge < -0.3 is 5.32 Å². The molecular formula is C18H14Cl2N2OS. The van der Waals surface area contributed by atoms with Crippen molar-refractivity contribution in [1.29, 1.82) is 0 Å². The van der Waals surface area contributed by atoms with Crippen molar-refractivity contribution in [3.05, 3.63) is 74.7 Å². The van der Waals surface area contributed by atoms with E-state index in [0.717, 1.165) is 21.1 Å². The predicted molar refractivity (Wildman–Crippen MR) is 99.9 cm³/mol. The Labute approximate surface area is 154 Å². The first kappa shape index (κ1) is 17.0. The van der Waals surface area contributed by atoms with Crippen molar-refractivity contribution in [2.24, 2.45) is 0 Å². The summed E-state index contributed by atoms with van der Waals surface area (Å²) in [5.41, 5.74) is 2.38. The van der Waals surface area contributed by atoms with E-state index in [1.54, 1.807) is 24.3 Å². The lowest BCUT2D eigenvalue weighted by molar-refractivity contribution is 0.0951. The molecule has 1 N–H and O–H groups in total. The van der Waals surface area contributed by atoms with Gasteiger partial charge in [-0.1, -0.05) is 41.4 Å². The predicted octanol–water partition coefficient (Wildman–Crippen LogP) is 5.36. The molecule has 0 saturated carbocycles. The molecule has 0 atom stereocenters. The van der Waals surface area contributed by atoms with Gasteiger partial charge in [0.25, 0.3) is 5.91 Å². The lowest BCUT2D eigenvalue weighted by Gasteiger charge is -2.04. The number of hydrogen-bond donors (Lipinski definition) is 1. The Morgan fingerprint density at radius 3 is 2.54 bits per heavy atom. The van der Waals surface area contributed by atoms with Crippen LogP contribution in [-0.4, -0.2) is 10.9 Å². The zero-order chi connectivity index (χ0) is 17.1. The fraction of sp³-hybridized carbons (Fsp3) is 0.111. The summed E-state index contributed by atoms with van der Waals surface area (Å²) >= 11 is 13.6. The van der Waals surface area contributed by atoms with Gasteiger partial charge in [0.2, 0.25) is 0 Å². The Kier molecular flexibility index (Phi) is 5.19. The highest BCUT2D eigenvalue weighted by molar-refractivity contribution is 7.15. The van der Waals surface area contributed by atoms with E-state index >= 15 is 0 Å². The van der Waals surface area contributed by atoms with Gasteiger partial charge in [0.05, 0.1) is 17.3 Å². The summed E-state index contributed by atoms with van der Waals surface area (Å²) in [6, 6.07) is 14.4. The minimum atomic E-state index is -0.140. The van der Waals surface area contributed by atoms with Crippen molar-refractivity contribution in [3.63, 3.8) is 0 Å². The average Bonchev–Trinajstić information content (AvgIpc) is 2.94. The summed E-state index contributed by atoms with van der Waals surface area (Å²) < 4.78 is 0. The van der Waals surface area contributed by atoms with Gasteiger partial charge in [0.1, 0.15) is 5.01 Å². The van der Waals surface area contributed by atoms with Crippen LogP contribution in [-0.2, 0) is 6.54 Å². The molecule has 0 spiro atoms. The highest BCUT2D eigenvalue weighted by Crippen LogP contribution is 2.32. The average molecular weight is 377 g/mol. The van der Waals surface area contributed by atoms with Crippen molar-refractivity contribution in [1.82, 2.24) is 10.3 Å². The van der Waals surface area contributed by atoms with E-state index in [1.165, 1.54) is 11.3 Å². The van der Waals surface area contributed by atoms with Crippen LogP contribution in [0.25, 0.3) is 10.6 Å². The lowest BCUT2D eigenvalue weighted by atomic mass is 10.2. The lowest BCUT2D eigenvalue weighted by Crippen LogP contribution is -2.22. The van der Waals surface area contributed by atoms with Crippen LogP contribution in [0.3, 0.4) is 0 Å². The fourth-order valence-electron chi connectivity index (χ4n) is 2.21. The van der Waals surface area contributed by atoms with Crippen LogP contribution >= 0.6 is 34.5 Å². The Bertz CT molecular complexity index is 875. The van der Waals surface area contributed by atoms with Crippen LogP contribution in [0, 0.1) is 6.92 Å². The number of halogens is 2. The monoisotopic (exact) mass is 376 g/mol. The van der Waals surface area contributed by atoms with Gasteiger partial charge >= 0.3 is 0 Å². The molecule has 122 valence electrons. The second kappa shape index (κ2) is 7.34. The number of nitrogens with one attached hydrogen (secondary N) is 1. The topological polar surface area (TPSA) is 42.0 Å². The van der Waals surface area contributed by atoms with E-state index in [4.69, 9.17) is 23.2 Å². The first-order chi connectivity index (χ1) is 11.5. The van der Waals surface area contributed by atoms with Gasteiger partial charge in [-0.15, -0.1) is 11.3 Å². The van der Waals surface area contributed by atoms with E-state index in [1.807, 2.05) is 31.2 Å². The first-order valence-electron chi connectivity index (χ1n) is 7.29. The second-order valence-corrected chi connectivity index (χ2v) is 7.12. The molecule has 0 unspecified atom stereocenters. The Morgan fingerprint density at radius 2 is 1.83 bits per heavy atom. The normalized spacial score (nSPS) is 10.6. The molecule has 0 aliphatic rings. The van der Waals surface area contributed by atoms with E-state index in [2.05, 4.69) is 10.3 Å². The number of benzene rings is 2. The first-order valence-corrected chi connectivity index (χ1v) is 8.87. The largest absolute Gasteiger partial charge is 0.347 e. The third kappa shape index (κ3) is 3.78. The molecule has 24 heavy (non-hydrogen) atoms. The quantitative estimate of drug-likeness (QED) is 0.666. The number of hydrogen-bond acceptors (Lipinski definition) is 3. The van der Waals surface area contributed by atoms with Gasteiger partial charge in [0, 0.05) is 21.0 Å². The molecule has 0 bridgehead atoms. The number of nitrogens with zero attached hydrogens (tertiary/aromatic N) is 1. The highest BCUT2D eigenvalue weighted by Gasteiger charge is 2.13. The third-order valence-corrected chi connectivity index (χ3v) is 5.29. The van der Waals surface area contributed by atoms with Crippen molar-refractivity contribution in [2.45, 2.75) is 13.5 Å². The van der Waals surface area contributed by atoms with Gasteiger partial charge in [0.15, 0.2) is 0 Å². The number of amides is 1. The second-order valence-electron chi connectivity index (χ2n) is 5.20. The SMILES string of the molecule is Cc1nc(-c2ccccc2Cl)sc1CNC(=O)c1ccc(Cl)cc1. The van der Waals surface area contributed by atoms with E-state index in [0.29, 0.717) is 22.2 Å². The van der Waals surface area contributed by atoms with Crippen molar-refractivity contribution >= 4 is 40.4 Å². The minimum absolute atomic E-state index is 0.140. The summed E-state index contributed by atoms with van der Waals surface area (Å²) in [4.78, 5) is 17.8. The maximum Gasteiger partial charge on any atom is 0.251 e. The maximum atomic E-state index is 12.2. The molecule has 3 aromatic rings. The molecule has 0 radical (unpaired) electrons. The molecule has 1 amide bonds. The third-order valence-electron chi connectivity index (χ3n) is 3.51. The zero-order valence-corrected chi connectivity index (χ0v) is 15.2. The molecule has 0 aliphatic carbocycles. The van der Waals surface area contributed by atoms with Crippen LogP contribution in [0.5, 0.6) is 0 Å². The summed E-state index contributed by atoms with van der Waals surface area (Å²) in [5, 5.41) is 5.04. The molecule has 2 aromatic carbocycles. The molecular weight excluding hydrogens is 363 g/mol. The molecule has 3 nitrogen and oxygen atoms in total. The standard InChI is InChI=1S/C18H14Cl2N2OS/c1-11-16(10-21-17(23)12-6-8-13(19)9-7-12)24-18(22-11)14-4-2-3-5-15(14)20/h2-9H,10H2,1H3,(H,21,23). The number of aromatic nitrogens is 1. The molecule has 3 rings (SSSR count). The van der Waals surface area contributed by atoms with Gasteiger partial charge in [-0.25, -0.2) is 4.98 Å². The molecule has 1 aromatic heterocycles. The highest BCUT2D eigenvalue weighted by atomic mass is 35.5. The Morgan fingerprint density at radius 1 is 1.12 bits per heavy atom. The summed E-state index contributed by atoms with van der Waals surface area (Å²) in [6.07, 6.45) is 0. The molecule has 6 heteroatoms. The van der Waals surface area contributed by atoms with Gasteiger partial charge in [-0.05, 0) is 37.3 Å². The van der Waals surface area contributed by atoms with Crippen molar-refractivity contribution in [3.8, 4) is 10.6 Å².